The predicted octanol–water partition coefficient (Wildman–Crippen LogP) is 0.563. The van der Waals surface area contributed by atoms with Gasteiger partial charge in [-0.05, 0) is 6.07 Å². The molecule has 23 heavy (non-hydrogen) atoms. The third-order valence-electron chi connectivity index (χ3n) is 3.45. The fraction of sp³-hybridized carbons (Fsp3) is 0.286. The average molecular weight is 316 g/mol. The van der Waals surface area contributed by atoms with Crippen LogP contribution in [-0.2, 0) is 4.79 Å². The molecule has 9 heteroatoms. The van der Waals surface area contributed by atoms with Crippen molar-refractivity contribution >= 4 is 23.4 Å². The number of carbonyl (C=O) groups excluding carboxylic acids is 3. The molecule has 0 saturated carbocycles. The van der Waals surface area contributed by atoms with E-state index < -0.39 is 34.9 Å². The van der Waals surface area contributed by atoms with Gasteiger partial charge in [-0.25, -0.2) is 0 Å². The van der Waals surface area contributed by atoms with Crippen LogP contribution in [0.2, 0.25) is 0 Å². The Kier molecular flexibility index (Phi) is 4.36. The maximum atomic E-state index is 12.3. The van der Waals surface area contributed by atoms with E-state index in [1.165, 1.54) is 24.1 Å². The smallest absolute Gasteiger partial charge is 0.282 e. The number of hydrogen-bond donors (Lipinski definition) is 0. The predicted molar refractivity (Wildman–Crippen MR) is 76.3 cm³/mol. The molecule has 0 spiro atoms. The van der Waals surface area contributed by atoms with Crippen LogP contribution in [0.5, 0.6) is 0 Å². The van der Waals surface area contributed by atoms with Gasteiger partial charge >= 0.3 is 0 Å². The van der Waals surface area contributed by atoms with E-state index in [-0.39, 0.29) is 24.1 Å². The van der Waals surface area contributed by atoms with E-state index in [9.17, 15) is 24.5 Å². The molecule has 0 saturated heterocycles. The van der Waals surface area contributed by atoms with Gasteiger partial charge in [0.25, 0.3) is 17.5 Å². The lowest BCUT2D eigenvalue weighted by atomic mass is 10.1. The molecule has 3 amide bonds. The molecular formula is C14H12N4O5. The number of benzene rings is 1. The molecule has 9 nitrogen and oxygen atoms in total. The molecule has 1 aromatic rings. The van der Waals surface area contributed by atoms with Gasteiger partial charge < -0.3 is 4.90 Å². The number of hydrogen-bond acceptors (Lipinski definition) is 6. The standard InChI is InChI=1S/C14H12N4O5/c1-16(7-3-6-15)11(19)8-17-13(20)9-4-2-5-10(18(22)23)12(9)14(17)21/h2,4-5H,3,7-8H2,1H3. The highest BCUT2D eigenvalue weighted by Gasteiger charge is 2.41. The summed E-state index contributed by atoms with van der Waals surface area (Å²) in [6, 6.07) is 5.64. The number of amides is 3. The van der Waals surface area contributed by atoms with Crippen molar-refractivity contribution in [1.82, 2.24) is 9.80 Å². The highest BCUT2D eigenvalue weighted by Crippen LogP contribution is 2.30. The molecule has 1 aliphatic heterocycles. The number of nitro groups is 1. The number of carbonyl (C=O) groups is 3. The second-order valence-electron chi connectivity index (χ2n) is 4.88. The number of imide groups is 1. The van der Waals surface area contributed by atoms with Crippen LogP contribution in [0, 0.1) is 21.4 Å². The van der Waals surface area contributed by atoms with Gasteiger partial charge in [-0.15, -0.1) is 0 Å². The van der Waals surface area contributed by atoms with Gasteiger partial charge in [0.1, 0.15) is 12.1 Å². The van der Waals surface area contributed by atoms with E-state index in [2.05, 4.69) is 0 Å². The fourth-order valence-electron chi connectivity index (χ4n) is 2.21. The Hall–Kier alpha value is -3.28. The fourth-order valence-corrected chi connectivity index (χ4v) is 2.21. The lowest BCUT2D eigenvalue weighted by Crippen LogP contribution is -2.41. The summed E-state index contributed by atoms with van der Waals surface area (Å²) in [5.41, 5.74) is -0.847. The van der Waals surface area contributed by atoms with Gasteiger partial charge in [0.2, 0.25) is 5.91 Å². The van der Waals surface area contributed by atoms with Gasteiger partial charge in [0.05, 0.1) is 23.0 Å². The highest BCUT2D eigenvalue weighted by atomic mass is 16.6. The normalized spacial score (nSPS) is 12.8. The summed E-state index contributed by atoms with van der Waals surface area (Å²) in [6.07, 6.45) is 0.121. The minimum absolute atomic E-state index is 0.0864. The molecule has 1 aromatic carbocycles. The highest BCUT2D eigenvalue weighted by molar-refractivity contribution is 6.24. The monoisotopic (exact) mass is 316 g/mol. The minimum Gasteiger partial charge on any atom is -0.343 e. The molecule has 1 heterocycles. The van der Waals surface area contributed by atoms with E-state index in [1.807, 2.05) is 6.07 Å². The summed E-state index contributed by atoms with van der Waals surface area (Å²) in [6.45, 7) is -0.357. The number of nitriles is 1. The Morgan fingerprint density at radius 3 is 2.70 bits per heavy atom. The van der Waals surface area contributed by atoms with Crippen LogP contribution in [0.1, 0.15) is 27.1 Å². The van der Waals surface area contributed by atoms with Gasteiger partial charge in [0, 0.05) is 19.7 Å². The van der Waals surface area contributed by atoms with Crippen LogP contribution in [0.15, 0.2) is 18.2 Å². The molecule has 0 atom stereocenters. The minimum atomic E-state index is -0.862. The van der Waals surface area contributed by atoms with Crippen molar-refractivity contribution < 1.29 is 19.3 Å². The van der Waals surface area contributed by atoms with Crippen molar-refractivity contribution in [2.24, 2.45) is 0 Å². The molecule has 118 valence electrons. The molecule has 0 aliphatic carbocycles. The first-order valence-electron chi connectivity index (χ1n) is 6.63. The van der Waals surface area contributed by atoms with Crippen LogP contribution in [0.3, 0.4) is 0 Å². The molecule has 0 radical (unpaired) electrons. The van der Waals surface area contributed by atoms with Crippen molar-refractivity contribution in [1.29, 1.82) is 5.26 Å². The summed E-state index contributed by atoms with van der Waals surface area (Å²) < 4.78 is 0. The number of fused-ring (bicyclic) bond motifs is 1. The second kappa shape index (κ2) is 6.23. The Labute approximate surface area is 130 Å². The number of likely N-dealkylation sites (N-methyl/N-ethyl adjacent to an activating group) is 1. The van der Waals surface area contributed by atoms with E-state index >= 15 is 0 Å². The quantitative estimate of drug-likeness (QED) is 0.444. The SMILES string of the molecule is CN(CCC#N)C(=O)CN1C(=O)c2cccc([N+](=O)[O-])c2C1=O. The van der Waals surface area contributed by atoms with Crippen molar-refractivity contribution in [3.8, 4) is 6.07 Å². The molecule has 2 rings (SSSR count). The number of nitrogens with zero attached hydrogens (tertiary/aromatic N) is 4. The second-order valence-corrected chi connectivity index (χ2v) is 4.88. The van der Waals surface area contributed by atoms with E-state index in [0.717, 1.165) is 6.07 Å². The van der Waals surface area contributed by atoms with Crippen LogP contribution in [-0.4, -0.2) is 52.6 Å². The zero-order chi connectivity index (χ0) is 17.1. The molecular weight excluding hydrogens is 304 g/mol. The summed E-state index contributed by atoms with van der Waals surface area (Å²) >= 11 is 0. The van der Waals surface area contributed by atoms with Crippen LogP contribution < -0.4 is 0 Å². The first-order chi connectivity index (χ1) is 10.9. The summed E-state index contributed by atoms with van der Waals surface area (Å²) in [7, 11) is 1.44. The van der Waals surface area contributed by atoms with Crippen molar-refractivity contribution in [2.45, 2.75) is 6.42 Å². The summed E-state index contributed by atoms with van der Waals surface area (Å²) in [5.74, 6) is -2.13. The Morgan fingerprint density at radius 1 is 1.39 bits per heavy atom. The summed E-state index contributed by atoms with van der Waals surface area (Å²) in [4.78, 5) is 48.6. The largest absolute Gasteiger partial charge is 0.343 e. The Morgan fingerprint density at radius 2 is 2.09 bits per heavy atom. The Bertz CT molecular complexity index is 752. The summed E-state index contributed by atoms with van der Waals surface area (Å²) in [5, 5.41) is 19.5. The van der Waals surface area contributed by atoms with E-state index in [4.69, 9.17) is 5.26 Å². The maximum absolute atomic E-state index is 12.3. The maximum Gasteiger partial charge on any atom is 0.282 e. The third-order valence-corrected chi connectivity index (χ3v) is 3.45. The molecule has 0 fully saturated rings. The van der Waals surface area contributed by atoms with Crippen molar-refractivity contribution in [2.75, 3.05) is 20.1 Å². The van der Waals surface area contributed by atoms with E-state index in [0.29, 0.717) is 4.90 Å². The van der Waals surface area contributed by atoms with Gasteiger partial charge in [0.15, 0.2) is 0 Å². The molecule has 0 bridgehead atoms. The lowest BCUT2D eigenvalue weighted by Gasteiger charge is -2.19. The number of nitro benzene ring substituents is 1. The lowest BCUT2D eigenvalue weighted by molar-refractivity contribution is -0.385. The molecule has 0 N–H and O–H groups in total. The van der Waals surface area contributed by atoms with E-state index in [1.54, 1.807) is 0 Å². The van der Waals surface area contributed by atoms with Crippen LogP contribution >= 0.6 is 0 Å². The van der Waals surface area contributed by atoms with Gasteiger partial charge in [-0.3, -0.25) is 29.4 Å². The molecule has 0 unspecified atom stereocenters. The number of rotatable bonds is 5. The first kappa shape index (κ1) is 16.1. The third kappa shape index (κ3) is 2.87. The first-order valence-corrected chi connectivity index (χ1v) is 6.63. The topological polar surface area (TPSA) is 125 Å². The van der Waals surface area contributed by atoms with Crippen LogP contribution in [0.25, 0.3) is 0 Å². The molecule has 0 aromatic heterocycles. The van der Waals surface area contributed by atoms with Crippen molar-refractivity contribution in [3.63, 3.8) is 0 Å². The zero-order valence-corrected chi connectivity index (χ0v) is 12.2. The van der Waals surface area contributed by atoms with Gasteiger partial charge in [-0.2, -0.15) is 5.26 Å². The zero-order valence-electron chi connectivity index (χ0n) is 12.2. The molecule has 1 aliphatic rings. The van der Waals surface area contributed by atoms with Crippen LogP contribution in [0.4, 0.5) is 5.69 Å². The van der Waals surface area contributed by atoms with Gasteiger partial charge in [-0.1, -0.05) is 6.07 Å². The Balaban J connectivity index is 2.25. The van der Waals surface area contributed by atoms with Crippen molar-refractivity contribution in [3.05, 3.63) is 39.4 Å². The average Bonchev–Trinajstić information content (AvgIpc) is 2.77.